The monoisotopic (exact) mass is 306 g/mol. The first-order valence-electron chi connectivity index (χ1n) is 7.23. The van der Waals surface area contributed by atoms with Crippen molar-refractivity contribution >= 4 is 0 Å². The summed E-state index contributed by atoms with van der Waals surface area (Å²) in [4.78, 5) is 6.09. The van der Waals surface area contributed by atoms with Crippen molar-refractivity contribution in [3.05, 3.63) is 65.5 Å². The summed E-state index contributed by atoms with van der Waals surface area (Å²) in [7, 11) is 0. The van der Waals surface area contributed by atoms with Gasteiger partial charge in [-0.2, -0.15) is 0 Å². The Labute approximate surface area is 129 Å². The molecule has 0 fully saturated rings. The van der Waals surface area contributed by atoms with Crippen molar-refractivity contribution in [3.63, 3.8) is 0 Å². The van der Waals surface area contributed by atoms with Gasteiger partial charge in [-0.05, 0) is 31.5 Å². The van der Waals surface area contributed by atoms with E-state index in [0.717, 1.165) is 17.7 Å². The number of halogens is 2. The first-order valence-corrected chi connectivity index (χ1v) is 7.23. The van der Waals surface area contributed by atoms with E-state index in [2.05, 4.69) is 4.98 Å². The van der Waals surface area contributed by atoms with Crippen LogP contribution in [0, 0.1) is 11.6 Å². The van der Waals surface area contributed by atoms with Gasteiger partial charge in [0.1, 0.15) is 11.6 Å². The molecule has 0 radical (unpaired) electrons. The molecule has 1 unspecified atom stereocenters. The predicted octanol–water partition coefficient (Wildman–Crippen LogP) is 3.30. The number of nitrogens with zero attached hydrogens (tertiary/aromatic N) is 2. The molecular formula is C17H20F2N2O. The average Bonchev–Trinajstić information content (AvgIpc) is 2.47. The lowest BCUT2D eigenvalue weighted by Gasteiger charge is -2.29. The van der Waals surface area contributed by atoms with Gasteiger partial charge in [-0.1, -0.05) is 12.1 Å². The molecule has 2 rings (SSSR count). The van der Waals surface area contributed by atoms with Crippen molar-refractivity contribution in [2.24, 2.45) is 0 Å². The molecule has 0 saturated carbocycles. The second-order valence-electron chi connectivity index (χ2n) is 5.57. The van der Waals surface area contributed by atoms with Gasteiger partial charge in [0.05, 0.1) is 6.10 Å². The highest BCUT2D eigenvalue weighted by Gasteiger charge is 2.19. The second-order valence-corrected chi connectivity index (χ2v) is 5.57. The Balaban J connectivity index is 2.10. The molecule has 3 nitrogen and oxygen atoms in total. The third kappa shape index (κ3) is 4.32. The van der Waals surface area contributed by atoms with Crippen molar-refractivity contribution in [1.29, 1.82) is 0 Å². The fourth-order valence-corrected chi connectivity index (χ4v) is 2.28. The van der Waals surface area contributed by atoms with Crippen LogP contribution in [-0.4, -0.2) is 27.6 Å². The van der Waals surface area contributed by atoms with Gasteiger partial charge in [0.25, 0.3) is 0 Å². The summed E-state index contributed by atoms with van der Waals surface area (Å²) in [6, 6.07) is 7.20. The SMILES string of the molecule is CC(C)N(Cc1cccnc1)CC(O)c1ccc(F)cc1F. The molecule has 2 aromatic rings. The minimum Gasteiger partial charge on any atom is -0.387 e. The third-order valence-corrected chi connectivity index (χ3v) is 3.57. The van der Waals surface area contributed by atoms with Crippen molar-refractivity contribution in [2.45, 2.75) is 32.5 Å². The predicted molar refractivity (Wildman–Crippen MR) is 81.1 cm³/mol. The summed E-state index contributed by atoms with van der Waals surface area (Å²) in [5.74, 6) is -1.37. The van der Waals surface area contributed by atoms with Gasteiger partial charge in [-0.25, -0.2) is 8.78 Å². The smallest absolute Gasteiger partial charge is 0.131 e. The van der Waals surface area contributed by atoms with E-state index in [4.69, 9.17) is 0 Å². The van der Waals surface area contributed by atoms with Gasteiger partial charge < -0.3 is 5.11 Å². The number of aromatic nitrogens is 1. The zero-order valence-corrected chi connectivity index (χ0v) is 12.7. The first kappa shape index (κ1) is 16.5. The summed E-state index contributed by atoms with van der Waals surface area (Å²) in [6.07, 6.45) is 2.45. The van der Waals surface area contributed by atoms with Gasteiger partial charge in [-0.3, -0.25) is 9.88 Å². The maximum absolute atomic E-state index is 13.8. The topological polar surface area (TPSA) is 36.4 Å². The molecule has 1 atom stereocenters. The van der Waals surface area contributed by atoms with E-state index in [1.165, 1.54) is 6.07 Å². The highest BCUT2D eigenvalue weighted by molar-refractivity contribution is 5.21. The van der Waals surface area contributed by atoms with E-state index in [0.29, 0.717) is 6.54 Å². The fraction of sp³-hybridized carbons (Fsp3) is 0.353. The number of pyridine rings is 1. The van der Waals surface area contributed by atoms with Crippen LogP contribution in [0.2, 0.25) is 0 Å². The van der Waals surface area contributed by atoms with Crippen LogP contribution in [0.4, 0.5) is 8.78 Å². The molecule has 0 aliphatic rings. The number of rotatable bonds is 6. The van der Waals surface area contributed by atoms with E-state index in [-0.39, 0.29) is 18.2 Å². The number of hydrogen-bond donors (Lipinski definition) is 1. The van der Waals surface area contributed by atoms with Crippen LogP contribution in [0.3, 0.4) is 0 Å². The summed E-state index contributed by atoms with van der Waals surface area (Å²) < 4.78 is 26.7. The molecule has 1 aromatic carbocycles. The second kappa shape index (κ2) is 7.42. The van der Waals surface area contributed by atoms with E-state index in [9.17, 15) is 13.9 Å². The molecule has 0 spiro atoms. The third-order valence-electron chi connectivity index (χ3n) is 3.57. The Bertz CT molecular complexity index is 605. The lowest BCUT2D eigenvalue weighted by atomic mass is 10.1. The maximum Gasteiger partial charge on any atom is 0.131 e. The minimum atomic E-state index is -1.01. The minimum absolute atomic E-state index is 0.109. The van der Waals surface area contributed by atoms with Gasteiger partial charge in [0.2, 0.25) is 0 Å². The van der Waals surface area contributed by atoms with E-state index >= 15 is 0 Å². The van der Waals surface area contributed by atoms with Gasteiger partial charge in [0.15, 0.2) is 0 Å². The Kier molecular flexibility index (Phi) is 5.57. The molecule has 0 saturated heterocycles. The standard InChI is InChI=1S/C17H20F2N2O/c1-12(2)21(10-13-4-3-7-20-9-13)11-17(22)15-6-5-14(18)8-16(15)19/h3-9,12,17,22H,10-11H2,1-2H3. The largest absolute Gasteiger partial charge is 0.387 e. The highest BCUT2D eigenvalue weighted by atomic mass is 19.1. The van der Waals surface area contributed by atoms with Crippen LogP contribution in [0.15, 0.2) is 42.7 Å². The molecule has 22 heavy (non-hydrogen) atoms. The Morgan fingerprint density at radius 3 is 2.59 bits per heavy atom. The van der Waals surface area contributed by atoms with E-state index in [1.54, 1.807) is 12.4 Å². The van der Waals surface area contributed by atoms with Gasteiger partial charge >= 0.3 is 0 Å². The van der Waals surface area contributed by atoms with Crippen molar-refractivity contribution in [1.82, 2.24) is 9.88 Å². The molecule has 1 aromatic heterocycles. The summed E-state index contributed by atoms with van der Waals surface area (Å²) >= 11 is 0. The molecule has 0 bridgehead atoms. The number of benzene rings is 1. The summed E-state index contributed by atoms with van der Waals surface area (Å²) in [5.41, 5.74) is 1.13. The zero-order chi connectivity index (χ0) is 16.1. The molecule has 0 amide bonds. The molecule has 1 N–H and O–H groups in total. The molecule has 0 aliphatic heterocycles. The van der Waals surface area contributed by atoms with Gasteiger partial charge in [-0.15, -0.1) is 0 Å². The highest BCUT2D eigenvalue weighted by Crippen LogP contribution is 2.21. The van der Waals surface area contributed by atoms with Crippen LogP contribution < -0.4 is 0 Å². The van der Waals surface area contributed by atoms with Crippen molar-refractivity contribution < 1.29 is 13.9 Å². The number of hydrogen-bond acceptors (Lipinski definition) is 3. The van der Waals surface area contributed by atoms with Crippen LogP contribution in [0.5, 0.6) is 0 Å². The van der Waals surface area contributed by atoms with Crippen LogP contribution in [0.1, 0.15) is 31.1 Å². The Morgan fingerprint density at radius 2 is 2.00 bits per heavy atom. The van der Waals surface area contributed by atoms with Crippen molar-refractivity contribution in [3.8, 4) is 0 Å². The molecule has 1 heterocycles. The Morgan fingerprint density at radius 1 is 1.23 bits per heavy atom. The van der Waals surface area contributed by atoms with Crippen LogP contribution in [0.25, 0.3) is 0 Å². The zero-order valence-electron chi connectivity index (χ0n) is 12.7. The number of aliphatic hydroxyl groups is 1. The summed E-state index contributed by atoms with van der Waals surface area (Å²) in [6.45, 7) is 4.87. The quantitative estimate of drug-likeness (QED) is 0.889. The fourth-order valence-electron chi connectivity index (χ4n) is 2.28. The first-order chi connectivity index (χ1) is 10.5. The van der Waals surface area contributed by atoms with E-state index in [1.807, 2.05) is 30.9 Å². The normalized spacial score (nSPS) is 12.9. The lowest BCUT2D eigenvalue weighted by Crippen LogP contribution is -2.34. The molecule has 118 valence electrons. The van der Waals surface area contributed by atoms with Gasteiger partial charge in [0, 0.05) is 43.2 Å². The van der Waals surface area contributed by atoms with Crippen LogP contribution in [-0.2, 0) is 6.54 Å². The van der Waals surface area contributed by atoms with E-state index < -0.39 is 17.7 Å². The molecular weight excluding hydrogens is 286 g/mol. The molecule has 0 aliphatic carbocycles. The Hall–Kier alpha value is -1.85. The lowest BCUT2D eigenvalue weighted by molar-refractivity contribution is 0.0882. The summed E-state index contributed by atoms with van der Waals surface area (Å²) in [5, 5.41) is 10.3. The van der Waals surface area contributed by atoms with Crippen molar-refractivity contribution in [2.75, 3.05) is 6.54 Å². The molecule has 5 heteroatoms. The average molecular weight is 306 g/mol. The number of aliphatic hydroxyl groups excluding tert-OH is 1. The van der Waals surface area contributed by atoms with Crippen LogP contribution >= 0.6 is 0 Å². The maximum atomic E-state index is 13.8.